The average Bonchev–Trinajstić information content (AvgIpc) is 2.88. The van der Waals surface area contributed by atoms with E-state index in [1.807, 2.05) is 0 Å². The summed E-state index contributed by atoms with van der Waals surface area (Å²) in [5, 5.41) is 8.88. The number of hydrogen-bond donors (Lipinski definition) is 1. The summed E-state index contributed by atoms with van der Waals surface area (Å²) in [5.41, 5.74) is 0.534. The number of carbonyl (C=O) groups is 1. The summed E-state index contributed by atoms with van der Waals surface area (Å²) in [4.78, 5) is 15.8. The van der Waals surface area contributed by atoms with E-state index in [1.54, 1.807) is 6.07 Å². The summed E-state index contributed by atoms with van der Waals surface area (Å²) in [7, 11) is -1.01. The zero-order valence-corrected chi connectivity index (χ0v) is 14.7. The number of halogens is 1. The van der Waals surface area contributed by atoms with Crippen LogP contribution in [0.25, 0.3) is 0 Å². The average molecular weight is 428 g/mol. The van der Waals surface area contributed by atoms with E-state index in [0.29, 0.717) is 16.0 Å². The molecule has 2 heterocycles. The van der Waals surface area contributed by atoms with Crippen molar-refractivity contribution in [2.45, 2.75) is 11.4 Å². The van der Waals surface area contributed by atoms with Crippen molar-refractivity contribution in [3.63, 3.8) is 0 Å². The van der Waals surface area contributed by atoms with Gasteiger partial charge in [0.05, 0.1) is 19.9 Å². The first-order valence-electron chi connectivity index (χ1n) is 6.32. The number of nitrogens with zero attached hydrogens (tertiary/aromatic N) is 3. The molecule has 1 N–H and O–H groups in total. The van der Waals surface area contributed by atoms with Gasteiger partial charge in [-0.2, -0.15) is 0 Å². The summed E-state index contributed by atoms with van der Waals surface area (Å²) in [6, 6.07) is 4.38. The summed E-state index contributed by atoms with van der Waals surface area (Å²) < 4.78 is 31.4. The number of carboxylic acid groups (broad SMARTS) is 1. The molecule has 24 heavy (non-hydrogen) atoms. The van der Waals surface area contributed by atoms with Crippen LogP contribution in [-0.4, -0.2) is 77.2 Å². The van der Waals surface area contributed by atoms with Crippen molar-refractivity contribution in [1.29, 1.82) is 0 Å². The second-order valence-electron chi connectivity index (χ2n) is 4.65. The zero-order chi connectivity index (χ0) is 17.2. The van der Waals surface area contributed by atoms with Gasteiger partial charge in [0, 0.05) is 19.3 Å². The van der Waals surface area contributed by atoms with E-state index >= 15 is 0 Å². The molecule has 0 atom stereocenters. The Morgan fingerprint density at radius 3 is 2.62 bits per heavy atom. The maximum absolute atomic E-state index is 12.6. The van der Waals surface area contributed by atoms with Crippen molar-refractivity contribution in [2.75, 3.05) is 14.2 Å². The Labute approximate surface area is 169 Å². The summed E-state index contributed by atoms with van der Waals surface area (Å²) in [5.74, 6) is 0.305. The van der Waals surface area contributed by atoms with Gasteiger partial charge in [-0.05, 0) is 33.6 Å². The zero-order valence-electron chi connectivity index (χ0n) is 12.3. The van der Waals surface area contributed by atoms with Gasteiger partial charge in [0.1, 0.15) is 9.50 Å². The SMILES string of the molecule is COc1ccc(S(=O)(=O)n2cc(CN(C)C(=O)O)cc2Br)cn1.[NaH]. The maximum atomic E-state index is 12.6. The Balaban J connectivity index is 0.00000288. The molecule has 2 rings (SSSR count). The van der Waals surface area contributed by atoms with E-state index in [2.05, 4.69) is 20.9 Å². The van der Waals surface area contributed by atoms with E-state index in [4.69, 9.17) is 9.84 Å². The topological polar surface area (TPSA) is 102 Å². The first-order chi connectivity index (χ1) is 10.8. The number of aromatic nitrogens is 2. The van der Waals surface area contributed by atoms with Gasteiger partial charge in [0.2, 0.25) is 5.88 Å². The van der Waals surface area contributed by atoms with E-state index in [-0.39, 0.29) is 41.0 Å². The molecule has 0 aliphatic carbocycles. The Morgan fingerprint density at radius 1 is 1.46 bits per heavy atom. The van der Waals surface area contributed by atoms with E-state index in [9.17, 15) is 13.2 Å². The van der Waals surface area contributed by atoms with Crippen LogP contribution in [0.4, 0.5) is 4.79 Å². The van der Waals surface area contributed by atoms with Crippen LogP contribution in [-0.2, 0) is 16.6 Å². The molecule has 11 heteroatoms. The van der Waals surface area contributed by atoms with Crippen LogP contribution in [0.1, 0.15) is 5.56 Å². The van der Waals surface area contributed by atoms with E-state index in [0.717, 1.165) is 8.87 Å². The van der Waals surface area contributed by atoms with Gasteiger partial charge in [-0.15, -0.1) is 0 Å². The fraction of sp³-hybridized carbons (Fsp3) is 0.231. The Hall–Kier alpha value is -1.07. The van der Waals surface area contributed by atoms with Crippen LogP contribution >= 0.6 is 15.9 Å². The molecular weight excluding hydrogens is 413 g/mol. The van der Waals surface area contributed by atoms with Gasteiger partial charge in [-0.1, -0.05) is 0 Å². The fourth-order valence-electron chi connectivity index (χ4n) is 1.83. The summed E-state index contributed by atoms with van der Waals surface area (Å²) in [6.45, 7) is 0.0668. The third-order valence-electron chi connectivity index (χ3n) is 3.02. The molecule has 1 amide bonds. The monoisotopic (exact) mass is 427 g/mol. The van der Waals surface area contributed by atoms with Crippen molar-refractivity contribution in [1.82, 2.24) is 13.9 Å². The molecule has 0 saturated carbocycles. The predicted molar refractivity (Wildman–Crippen MR) is 92.1 cm³/mol. The van der Waals surface area contributed by atoms with Gasteiger partial charge in [-0.25, -0.2) is 22.2 Å². The number of amides is 1. The molecule has 2 aromatic rings. The number of methoxy groups -OCH3 is 1. The number of pyridine rings is 1. The van der Waals surface area contributed by atoms with Crippen LogP contribution < -0.4 is 4.74 Å². The normalized spacial score (nSPS) is 10.8. The molecule has 0 aliphatic heterocycles. The van der Waals surface area contributed by atoms with Crippen LogP contribution in [0.3, 0.4) is 0 Å². The van der Waals surface area contributed by atoms with E-state index < -0.39 is 16.1 Å². The molecule has 0 spiro atoms. The van der Waals surface area contributed by atoms with Gasteiger partial charge in [-0.3, -0.25) is 0 Å². The summed E-state index contributed by atoms with van der Waals surface area (Å²) >= 11 is 3.18. The first-order valence-corrected chi connectivity index (χ1v) is 8.55. The minimum atomic E-state index is -3.84. The molecule has 126 valence electrons. The molecule has 0 saturated heterocycles. The Kier molecular flexibility index (Phi) is 7.29. The standard InChI is InChI=1S/C13H14BrN3O5S.Na.H/c1-16(13(18)19)7-9-5-11(14)17(8-9)23(20,21)10-3-4-12(22-2)15-6-10;;/h3-6,8H,7H2,1-2H3,(H,18,19);;. The Bertz CT molecular complexity index is 823. The van der Waals surface area contributed by atoms with E-state index in [1.165, 1.54) is 38.7 Å². The third-order valence-corrected chi connectivity index (χ3v) is 5.52. The van der Waals surface area contributed by atoms with Gasteiger partial charge in [0.25, 0.3) is 10.0 Å². The Morgan fingerprint density at radius 2 is 2.12 bits per heavy atom. The number of ether oxygens (including phenoxy) is 1. The van der Waals surface area contributed by atoms with Crippen LogP contribution in [0.15, 0.2) is 40.1 Å². The van der Waals surface area contributed by atoms with Crippen LogP contribution in [0.5, 0.6) is 5.88 Å². The van der Waals surface area contributed by atoms with Crippen LogP contribution in [0.2, 0.25) is 0 Å². The molecular formula is C13H15BrN3NaO5S. The first kappa shape index (κ1) is 21.0. The molecule has 0 radical (unpaired) electrons. The molecule has 2 aromatic heterocycles. The third kappa shape index (κ3) is 4.51. The van der Waals surface area contributed by atoms with Crippen LogP contribution in [0, 0.1) is 0 Å². The summed E-state index contributed by atoms with van der Waals surface area (Å²) in [6.07, 6.45) is 1.46. The van der Waals surface area contributed by atoms with Crippen molar-refractivity contribution >= 4 is 61.6 Å². The molecule has 8 nitrogen and oxygen atoms in total. The van der Waals surface area contributed by atoms with Crippen molar-refractivity contribution in [2.24, 2.45) is 0 Å². The molecule has 0 fully saturated rings. The van der Waals surface area contributed by atoms with Gasteiger partial charge in [0.15, 0.2) is 0 Å². The molecule has 0 bridgehead atoms. The fourth-order valence-corrected chi connectivity index (χ4v) is 4.01. The second kappa shape index (κ2) is 8.34. The van der Waals surface area contributed by atoms with Gasteiger partial charge < -0.3 is 14.7 Å². The molecule has 0 unspecified atom stereocenters. The second-order valence-corrected chi connectivity index (χ2v) is 7.27. The van der Waals surface area contributed by atoms with Crippen molar-refractivity contribution in [3.05, 3.63) is 40.8 Å². The molecule has 0 aliphatic rings. The predicted octanol–water partition coefficient (Wildman–Crippen LogP) is 1.35. The van der Waals surface area contributed by atoms with Gasteiger partial charge >= 0.3 is 35.7 Å². The van der Waals surface area contributed by atoms with Crippen molar-refractivity contribution < 1.29 is 23.1 Å². The minimum absolute atomic E-state index is 0. The quantitative estimate of drug-likeness (QED) is 0.722. The molecule has 0 aromatic carbocycles. The number of hydrogen-bond acceptors (Lipinski definition) is 5. The number of rotatable bonds is 5. The van der Waals surface area contributed by atoms with Crippen molar-refractivity contribution in [3.8, 4) is 5.88 Å².